The van der Waals surface area contributed by atoms with Crippen molar-refractivity contribution in [2.24, 2.45) is 0 Å². The minimum atomic E-state index is -0.596. The number of morpholine rings is 1. The summed E-state index contributed by atoms with van der Waals surface area (Å²) in [6.45, 7) is 4.02. The van der Waals surface area contributed by atoms with Crippen molar-refractivity contribution < 1.29 is 23.5 Å². The van der Waals surface area contributed by atoms with E-state index in [0.717, 1.165) is 18.7 Å². The van der Waals surface area contributed by atoms with Gasteiger partial charge in [0.1, 0.15) is 5.58 Å². The lowest BCUT2D eigenvalue weighted by molar-refractivity contribution is 0.0314. The molecular formula is C25H24N2O6. The first-order chi connectivity index (χ1) is 16.1. The van der Waals surface area contributed by atoms with Crippen LogP contribution in [0.25, 0.3) is 11.0 Å². The summed E-state index contributed by atoms with van der Waals surface area (Å²) < 4.78 is 16.2. The van der Waals surface area contributed by atoms with Gasteiger partial charge in [-0.15, -0.1) is 0 Å². The lowest BCUT2D eigenvalue weighted by atomic mass is 9.97. The van der Waals surface area contributed by atoms with Crippen molar-refractivity contribution >= 4 is 22.8 Å². The van der Waals surface area contributed by atoms with Crippen molar-refractivity contribution in [3.8, 4) is 0 Å². The molecule has 0 spiro atoms. The van der Waals surface area contributed by atoms with Gasteiger partial charge in [-0.25, -0.2) is 4.79 Å². The van der Waals surface area contributed by atoms with Gasteiger partial charge in [-0.2, -0.15) is 0 Å². The van der Waals surface area contributed by atoms with E-state index >= 15 is 0 Å². The summed E-state index contributed by atoms with van der Waals surface area (Å²) in [5.41, 5.74) is 1.66. The number of fused-ring (bicyclic) bond motifs is 2. The van der Waals surface area contributed by atoms with Crippen LogP contribution in [0.2, 0.25) is 0 Å². The van der Waals surface area contributed by atoms with Crippen LogP contribution in [-0.4, -0.2) is 68.2 Å². The largest absolute Gasteiger partial charge is 0.465 e. The van der Waals surface area contributed by atoms with Crippen LogP contribution in [0.4, 0.5) is 0 Å². The third kappa shape index (κ3) is 3.81. The third-order valence-electron chi connectivity index (χ3n) is 6.28. The molecule has 2 aliphatic heterocycles. The van der Waals surface area contributed by atoms with Gasteiger partial charge in [-0.1, -0.05) is 24.3 Å². The number of rotatable bonds is 5. The molecule has 0 saturated carbocycles. The molecule has 5 rings (SSSR count). The van der Waals surface area contributed by atoms with E-state index in [1.54, 1.807) is 53.4 Å². The van der Waals surface area contributed by atoms with Gasteiger partial charge in [0, 0.05) is 26.2 Å². The second-order valence-corrected chi connectivity index (χ2v) is 8.14. The molecule has 1 amide bonds. The lowest BCUT2D eigenvalue weighted by Crippen LogP contribution is -2.42. The zero-order chi connectivity index (χ0) is 22.9. The van der Waals surface area contributed by atoms with E-state index in [1.165, 1.54) is 7.11 Å². The fraction of sp³-hybridized carbons (Fsp3) is 0.320. The van der Waals surface area contributed by atoms with Crippen molar-refractivity contribution in [2.75, 3.05) is 46.5 Å². The first-order valence-corrected chi connectivity index (χ1v) is 10.9. The Morgan fingerprint density at radius 3 is 2.48 bits per heavy atom. The molecule has 3 aromatic rings. The van der Waals surface area contributed by atoms with Gasteiger partial charge >= 0.3 is 5.97 Å². The highest BCUT2D eigenvalue weighted by Gasteiger charge is 2.42. The summed E-state index contributed by atoms with van der Waals surface area (Å²) in [6.07, 6.45) is 0. The highest BCUT2D eigenvalue weighted by atomic mass is 16.5. The number of carbonyl (C=O) groups is 2. The van der Waals surface area contributed by atoms with E-state index in [9.17, 15) is 14.4 Å². The molecule has 1 aromatic heterocycles. The molecular weight excluding hydrogens is 424 g/mol. The van der Waals surface area contributed by atoms with Gasteiger partial charge in [0.25, 0.3) is 5.91 Å². The fourth-order valence-corrected chi connectivity index (χ4v) is 4.54. The van der Waals surface area contributed by atoms with Crippen LogP contribution in [0.15, 0.2) is 57.7 Å². The van der Waals surface area contributed by atoms with E-state index in [-0.39, 0.29) is 17.1 Å². The van der Waals surface area contributed by atoms with E-state index in [4.69, 9.17) is 13.9 Å². The zero-order valence-electron chi connectivity index (χ0n) is 18.3. The van der Waals surface area contributed by atoms with E-state index in [2.05, 4.69) is 4.90 Å². The summed E-state index contributed by atoms with van der Waals surface area (Å²) >= 11 is 0. The van der Waals surface area contributed by atoms with E-state index in [0.29, 0.717) is 48.4 Å². The summed E-state index contributed by atoms with van der Waals surface area (Å²) in [5.74, 6) is -0.662. The van der Waals surface area contributed by atoms with Crippen molar-refractivity contribution in [3.63, 3.8) is 0 Å². The number of benzene rings is 2. The average Bonchev–Trinajstić information content (AvgIpc) is 3.14. The summed E-state index contributed by atoms with van der Waals surface area (Å²) in [6, 6.07) is 13.2. The van der Waals surface area contributed by atoms with Crippen LogP contribution in [0.1, 0.15) is 38.1 Å². The number of esters is 1. The van der Waals surface area contributed by atoms with E-state index in [1.807, 2.05) is 0 Å². The highest BCUT2D eigenvalue weighted by Crippen LogP contribution is 2.38. The van der Waals surface area contributed by atoms with Crippen molar-refractivity contribution in [1.82, 2.24) is 9.80 Å². The molecule has 33 heavy (non-hydrogen) atoms. The minimum absolute atomic E-state index is 0.0859. The van der Waals surface area contributed by atoms with Crippen molar-refractivity contribution in [3.05, 3.63) is 81.2 Å². The molecule has 2 aliphatic rings. The number of para-hydroxylation sites is 1. The standard InChI is InChI=1S/C25H24N2O6/c1-31-25(30)17-8-6-16(7-9-17)21-20-22(28)18-4-2-3-5-19(18)33-23(20)24(29)27(21)11-10-26-12-14-32-15-13-26/h2-9,21H,10-15H2,1H3/t21-/m0/s1. The van der Waals surface area contributed by atoms with Crippen molar-refractivity contribution in [1.29, 1.82) is 0 Å². The number of hydrogen-bond acceptors (Lipinski definition) is 7. The van der Waals surface area contributed by atoms with Crippen LogP contribution in [0.3, 0.4) is 0 Å². The van der Waals surface area contributed by atoms with Gasteiger partial charge in [-0.3, -0.25) is 14.5 Å². The fourth-order valence-electron chi connectivity index (χ4n) is 4.54. The number of carbonyl (C=O) groups excluding carboxylic acids is 2. The molecule has 170 valence electrons. The topological polar surface area (TPSA) is 89.3 Å². The third-order valence-corrected chi connectivity index (χ3v) is 6.28. The molecule has 0 N–H and O–H groups in total. The van der Waals surface area contributed by atoms with Crippen LogP contribution in [-0.2, 0) is 9.47 Å². The average molecular weight is 448 g/mol. The second kappa shape index (κ2) is 8.80. The first kappa shape index (κ1) is 21.4. The Morgan fingerprint density at radius 1 is 1.03 bits per heavy atom. The van der Waals surface area contributed by atoms with Gasteiger partial charge in [0.05, 0.1) is 42.9 Å². The second-order valence-electron chi connectivity index (χ2n) is 8.14. The predicted octanol–water partition coefficient (Wildman–Crippen LogP) is 2.46. The van der Waals surface area contributed by atoms with Crippen LogP contribution in [0.5, 0.6) is 0 Å². The van der Waals surface area contributed by atoms with Crippen LogP contribution in [0, 0.1) is 0 Å². The Labute approximate surface area is 190 Å². The Bertz CT molecular complexity index is 1260. The minimum Gasteiger partial charge on any atom is -0.465 e. The Morgan fingerprint density at radius 2 is 1.76 bits per heavy atom. The summed E-state index contributed by atoms with van der Waals surface area (Å²) in [7, 11) is 1.33. The Hall–Kier alpha value is -3.49. The van der Waals surface area contributed by atoms with Gasteiger partial charge in [-0.05, 0) is 29.8 Å². The Balaban J connectivity index is 1.57. The maximum absolute atomic E-state index is 13.5. The van der Waals surface area contributed by atoms with Crippen molar-refractivity contribution in [2.45, 2.75) is 6.04 Å². The van der Waals surface area contributed by atoms with E-state index < -0.39 is 12.0 Å². The molecule has 1 saturated heterocycles. The van der Waals surface area contributed by atoms with Crippen LogP contribution < -0.4 is 5.43 Å². The van der Waals surface area contributed by atoms with Gasteiger partial charge < -0.3 is 18.8 Å². The molecule has 0 aliphatic carbocycles. The molecule has 8 heteroatoms. The Kier molecular flexibility index (Phi) is 5.70. The molecule has 1 atom stereocenters. The molecule has 0 unspecified atom stereocenters. The first-order valence-electron chi connectivity index (χ1n) is 10.9. The number of hydrogen-bond donors (Lipinski definition) is 0. The quantitative estimate of drug-likeness (QED) is 0.554. The number of ether oxygens (including phenoxy) is 2. The summed E-state index contributed by atoms with van der Waals surface area (Å²) in [5, 5.41) is 0.440. The number of nitrogens with zero attached hydrogens (tertiary/aromatic N) is 2. The smallest absolute Gasteiger partial charge is 0.337 e. The molecule has 2 aromatic carbocycles. The predicted molar refractivity (Wildman–Crippen MR) is 120 cm³/mol. The molecule has 0 bridgehead atoms. The normalized spacial score (nSPS) is 18.5. The van der Waals surface area contributed by atoms with Crippen LogP contribution >= 0.6 is 0 Å². The zero-order valence-corrected chi connectivity index (χ0v) is 18.3. The monoisotopic (exact) mass is 448 g/mol. The highest BCUT2D eigenvalue weighted by molar-refractivity contribution is 5.99. The van der Waals surface area contributed by atoms with Gasteiger partial charge in [0.15, 0.2) is 5.43 Å². The maximum Gasteiger partial charge on any atom is 0.337 e. The summed E-state index contributed by atoms with van der Waals surface area (Å²) in [4.78, 5) is 42.7. The molecule has 8 nitrogen and oxygen atoms in total. The molecule has 3 heterocycles. The number of amides is 1. The van der Waals surface area contributed by atoms with Gasteiger partial charge in [0.2, 0.25) is 5.76 Å². The maximum atomic E-state index is 13.5. The SMILES string of the molecule is COC(=O)c1ccc([C@H]2c3c(oc4ccccc4c3=O)C(=O)N2CCN2CCOCC2)cc1. The number of methoxy groups -OCH3 is 1. The molecule has 0 radical (unpaired) electrons. The lowest BCUT2D eigenvalue weighted by Gasteiger charge is -2.31. The molecule has 1 fully saturated rings.